The van der Waals surface area contributed by atoms with Crippen molar-refractivity contribution in [1.29, 1.82) is 0 Å². The third-order valence-corrected chi connectivity index (χ3v) is 10.6. The minimum atomic E-state index is -1.87. The quantitative estimate of drug-likeness (QED) is 0.109. The molecule has 2 aromatic carbocycles. The zero-order chi connectivity index (χ0) is 36.4. The molecule has 3 aromatic rings. The van der Waals surface area contributed by atoms with Crippen molar-refractivity contribution in [2.75, 3.05) is 45.8 Å². The fourth-order valence-electron chi connectivity index (χ4n) is 5.56. The average molecular weight is 748 g/mol. The first-order chi connectivity index (χ1) is 23.9. The normalized spacial score (nSPS) is 14.6. The summed E-state index contributed by atoms with van der Waals surface area (Å²) in [5.41, 5.74) is 7.07. The number of carbonyl (C=O) groups is 2. The van der Waals surface area contributed by atoms with Crippen molar-refractivity contribution < 1.29 is 18.5 Å². The second-order valence-corrected chi connectivity index (χ2v) is 14.5. The maximum Gasteiger partial charge on any atom is 0.243 e. The highest BCUT2D eigenvalue weighted by atomic mass is 35.5. The van der Waals surface area contributed by atoms with E-state index < -0.39 is 22.6 Å². The van der Waals surface area contributed by atoms with Gasteiger partial charge in [-0.2, -0.15) is 0 Å². The van der Waals surface area contributed by atoms with E-state index in [9.17, 15) is 13.8 Å². The Morgan fingerprint density at radius 2 is 1.72 bits per heavy atom. The number of nitrogens with zero attached hydrogens (tertiary/aromatic N) is 4. The lowest BCUT2D eigenvalue weighted by molar-refractivity contribution is -0.143. The number of pyridine rings is 1. The number of benzene rings is 2. The number of aromatic nitrogens is 1. The molecule has 1 aliphatic rings. The number of aryl methyl sites for hydroxylation is 1. The first-order valence-corrected chi connectivity index (χ1v) is 18.8. The molecule has 0 bridgehead atoms. The van der Waals surface area contributed by atoms with Gasteiger partial charge >= 0.3 is 0 Å². The van der Waals surface area contributed by atoms with Crippen LogP contribution in [0.1, 0.15) is 51.8 Å². The lowest BCUT2D eigenvalue weighted by Gasteiger charge is -2.39. The highest BCUT2D eigenvalue weighted by molar-refractivity contribution is 7.83. The van der Waals surface area contributed by atoms with Crippen LogP contribution in [0.25, 0.3) is 10.9 Å². The van der Waals surface area contributed by atoms with E-state index in [2.05, 4.69) is 25.3 Å². The fraction of sp³-hybridized carbons (Fsp3) is 0.486. The number of para-hydroxylation sites is 1. The zero-order valence-electron chi connectivity index (χ0n) is 29.4. The monoisotopic (exact) mass is 746 g/mol. The second-order valence-electron chi connectivity index (χ2n) is 12.6. The van der Waals surface area contributed by atoms with Crippen molar-refractivity contribution in [1.82, 2.24) is 30.1 Å². The number of piperazine rings is 1. The summed E-state index contributed by atoms with van der Waals surface area (Å²) in [6.07, 6.45) is 1.19. The summed E-state index contributed by atoms with van der Waals surface area (Å²) >= 11 is 13.3. The third kappa shape index (κ3) is 10.1. The number of fused-ring (bicyclic) bond motifs is 1. The van der Waals surface area contributed by atoms with E-state index in [0.717, 1.165) is 35.6 Å². The van der Waals surface area contributed by atoms with E-state index in [-0.39, 0.29) is 28.3 Å². The number of amides is 2. The van der Waals surface area contributed by atoms with Crippen LogP contribution in [0.5, 0.6) is 5.75 Å². The van der Waals surface area contributed by atoms with Gasteiger partial charge in [0.2, 0.25) is 11.8 Å². The summed E-state index contributed by atoms with van der Waals surface area (Å²) in [7, 11) is -1.87. The molecule has 50 heavy (non-hydrogen) atoms. The molecule has 272 valence electrons. The van der Waals surface area contributed by atoms with E-state index in [1.807, 2.05) is 51.1 Å². The summed E-state index contributed by atoms with van der Waals surface area (Å²) in [4.78, 5) is 39.4. The number of rotatable bonds is 14. The van der Waals surface area contributed by atoms with Crippen LogP contribution in [0.4, 0.5) is 0 Å². The van der Waals surface area contributed by atoms with Gasteiger partial charge in [-0.15, -0.1) is 0 Å². The topological polar surface area (TPSA) is 154 Å². The number of hydrogen-bond donors (Lipinski definition) is 4. The van der Waals surface area contributed by atoms with Crippen LogP contribution in [-0.4, -0.2) is 94.2 Å². The maximum absolute atomic E-state index is 13.6. The molecular formula is C35H48Cl2N8O4S. The summed E-state index contributed by atoms with van der Waals surface area (Å²) in [5.74, 6) is 0.933. The molecule has 4 rings (SSSR count). The van der Waals surface area contributed by atoms with Crippen molar-refractivity contribution in [2.24, 2.45) is 10.7 Å². The first kappa shape index (κ1) is 39.3. The van der Waals surface area contributed by atoms with Gasteiger partial charge in [0.25, 0.3) is 0 Å². The van der Waals surface area contributed by atoms with E-state index in [0.29, 0.717) is 61.9 Å². The molecule has 1 unspecified atom stereocenters. The smallest absolute Gasteiger partial charge is 0.243 e. The van der Waals surface area contributed by atoms with Gasteiger partial charge in [0.1, 0.15) is 34.4 Å². The Balaban J connectivity index is 1.31. The number of nitrogens with one attached hydrogen (secondary N) is 3. The van der Waals surface area contributed by atoms with Crippen molar-refractivity contribution in [3.63, 3.8) is 0 Å². The molecule has 1 saturated heterocycles. The number of hydrogen-bond acceptors (Lipinski definition) is 7. The van der Waals surface area contributed by atoms with Crippen molar-refractivity contribution in [3.05, 3.63) is 63.8 Å². The average Bonchev–Trinajstić information content (AvgIpc) is 3.09. The molecule has 2 heterocycles. The van der Waals surface area contributed by atoms with E-state index in [1.165, 1.54) is 0 Å². The maximum atomic E-state index is 13.6. The fourth-order valence-corrected chi connectivity index (χ4v) is 7.39. The minimum absolute atomic E-state index is 0.0220. The Labute approximate surface area is 307 Å². The Morgan fingerprint density at radius 3 is 2.40 bits per heavy atom. The molecule has 1 aliphatic heterocycles. The van der Waals surface area contributed by atoms with Crippen molar-refractivity contribution in [3.8, 4) is 5.75 Å². The first-order valence-electron chi connectivity index (χ1n) is 16.9. The van der Waals surface area contributed by atoms with Crippen molar-refractivity contribution >= 4 is 62.9 Å². The number of halogens is 2. The largest absolute Gasteiger partial charge is 0.487 e. The Bertz CT molecular complexity index is 1710. The van der Waals surface area contributed by atoms with Crippen LogP contribution < -0.4 is 25.8 Å². The lowest BCUT2D eigenvalue weighted by atomic mass is 10.0. The Hall–Kier alpha value is -3.49. The number of aliphatic imine (C=N–C) groups is 1. The van der Waals surface area contributed by atoms with Gasteiger partial charge in [-0.05, 0) is 71.7 Å². The summed E-state index contributed by atoms with van der Waals surface area (Å²) < 4.78 is 22.7. The van der Waals surface area contributed by atoms with Gasteiger partial charge in [-0.25, -0.2) is 13.9 Å². The van der Waals surface area contributed by atoms with Crippen LogP contribution >= 0.6 is 23.2 Å². The highest BCUT2D eigenvalue weighted by Crippen LogP contribution is 2.33. The van der Waals surface area contributed by atoms with Gasteiger partial charge in [0, 0.05) is 67.5 Å². The summed E-state index contributed by atoms with van der Waals surface area (Å²) in [6, 6.07) is 12.1. The zero-order valence-corrected chi connectivity index (χ0v) is 31.7. The summed E-state index contributed by atoms with van der Waals surface area (Å²) in [6.45, 7) is 12.8. The molecule has 12 nitrogen and oxygen atoms in total. The van der Waals surface area contributed by atoms with E-state index >= 15 is 0 Å². The van der Waals surface area contributed by atoms with Gasteiger partial charge in [-0.1, -0.05) is 41.4 Å². The van der Waals surface area contributed by atoms with Gasteiger partial charge in [0.05, 0.1) is 16.0 Å². The second kappa shape index (κ2) is 18.1. The van der Waals surface area contributed by atoms with Crippen LogP contribution in [-0.2, 0) is 27.2 Å². The minimum Gasteiger partial charge on any atom is -0.487 e. The van der Waals surface area contributed by atoms with Gasteiger partial charge in [0.15, 0.2) is 5.96 Å². The molecule has 0 saturated carbocycles. The molecular weight excluding hydrogens is 699 g/mol. The lowest BCUT2D eigenvalue weighted by Crippen LogP contribution is -2.60. The molecule has 5 N–H and O–H groups in total. The molecule has 0 spiro atoms. The van der Waals surface area contributed by atoms with Crippen LogP contribution in [0.3, 0.4) is 0 Å². The van der Waals surface area contributed by atoms with E-state index in [1.54, 1.807) is 35.8 Å². The van der Waals surface area contributed by atoms with Crippen LogP contribution in [0.2, 0.25) is 10.0 Å². The number of nitrogens with two attached hydrogens (primary N) is 1. The van der Waals surface area contributed by atoms with Gasteiger partial charge < -0.3 is 30.9 Å². The molecule has 0 aliphatic carbocycles. The molecule has 15 heteroatoms. The third-order valence-electron chi connectivity index (χ3n) is 8.25. The van der Waals surface area contributed by atoms with Crippen LogP contribution in [0, 0.1) is 6.92 Å². The van der Waals surface area contributed by atoms with Gasteiger partial charge in [-0.3, -0.25) is 14.6 Å². The number of ether oxygens (including phenoxy) is 1. The number of carbonyl (C=O) groups excluding carboxylic acids is 2. The standard InChI is InChI=1S/C35H48Cl2N8O4S/c1-6-39-34(40-7-2)41-17-9-11-27(38)32(46)44-18-20-45(21-19-44)33(47)35(4,5)43-50(48)29-16-15-26(36)25(30(29)37)22-49-28-12-8-10-24-14-13-23(3)42-31(24)28/h8,10,12-16,27,43H,6-7,9,11,17-22,38H2,1-5H3,(H2,39,40,41)/t27-,50?/m1/s1. The van der Waals surface area contributed by atoms with E-state index in [4.69, 9.17) is 33.7 Å². The SMILES string of the molecule is CCNC(=NCCC[C@@H](N)C(=O)N1CCN(C(=O)C(C)(C)NS(=O)c2ccc(Cl)c(COc3cccc4ccc(C)nc34)c2Cl)CC1)NCC. The predicted octanol–water partition coefficient (Wildman–Crippen LogP) is 4.17. The molecule has 1 aromatic heterocycles. The Morgan fingerprint density at radius 1 is 1.04 bits per heavy atom. The molecule has 0 radical (unpaired) electrons. The number of guanidine groups is 1. The molecule has 2 atom stereocenters. The predicted molar refractivity (Wildman–Crippen MR) is 201 cm³/mol. The highest BCUT2D eigenvalue weighted by Gasteiger charge is 2.37. The molecule has 1 fully saturated rings. The Kier molecular flexibility index (Phi) is 14.3. The summed E-state index contributed by atoms with van der Waals surface area (Å²) in [5, 5.41) is 7.82. The molecule has 2 amide bonds. The van der Waals surface area contributed by atoms with Crippen molar-refractivity contribution in [2.45, 2.75) is 70.5 Å². The van der Waals surface area contributed by atoms with Crippen LogP contribution in [0.15, 0.2) is 52.4 Å².